The van der Waals surface area contributed by atoms with E-state index in [-0.39, 0.29) is 6.42 Å². The Morgan fingerprint density at radius 1 is 1.06 bits per heavy atom. The Kier molecular flexibility index (Phi) is 4.42. The van der Waals surface area contributed by atoms with Crippen molar-refractivity contribution in [2.24, 2.45) is 5.41 Å². The van der Waals surface area contributed by atoms with Gasteiger partial charge in [-0.2, -0.15) is 13.2 Å². The van der Waals surface area contributed by atoms with Crippen LogP contribution < -0.4 is 0 Å². The SMILES string of the molecule is CC(C)(CC(=O)OC(C)(C)C)CC(F)(F)F. The van der Waals surface area contributed by atoms with E-state index in [1.807, 2.05) is 0 Å². The van der Waals surface area contributed by atoms with Gasteiger partial charge in [0.1, 0.15) is 5.60 Å². The molecule has 0 saturated carbocycles. The van der Waals surface area contributed by atoms with Gasteiger partial charge in [0.15, 0.2) is 0 Å². The summed E-state index contributed by atoms with van der Waals surface area (Å²) >= 11 is 0. The van der Waals surface area contributed by atoms with Crippen molar-refractivity contribution in [2.75, 3.05) is 0 Å². The fraction of sp³-hybridized carbons (Fsp3) is 0.909. The van der Waals surface area contributed by atoms with E-state index in [1.54, 1.807) is 20.8 Å². The lowest BCUT2D eigenvalue weighted by atomic mass is 9.85. The maximum absolute atomic E-state index is 12.2. The van der Waals surface area contributed by atoms with Gasteiger partial charge in [-0.1, -0.05) is 13.8 Å². The van der Waals surface area contributed by atoms with Crippen molar-refractivity contribution in [1.29, 1.82) is 0 Å². The van der Waals surface area contributed by atoms with Gasteiger partial charge in [-0.05, 0) is 26.2 Å². The van der Waals surface area contributed by atoms with Crippen LogP contribution in [0.4, 0.5) is 13.2 Å². The van der Waals surface area contributed by atoms with Crippen molar-refractivity contribution in [2.45, 2.75) is 59.2 Å². The lowest BCUT2D eigenvalue weighted by Crippen LogP contribution is -2.30. The number of ether oxygens (including phenoxy) is 1. The van der Waals surface area contributed by atoms with Crippen LogP contribution >= 0.6 is 0 Å². The van der Waals surface area contributed by atoms with Crippen molar-refractivity contribution >= 4 is 5.97 Å². The molecule has 0 N–H and O–H groups in total. The van der Waals surface area contributed by atoms with Gasteiger partial charge in [0.25, 0.3) is 0 Å². The zero-order chi connectivity index (χ0) is 13.2. The van der Waals surface area contributed by atoms with Gasteiger partial charge < -0.3 is 4.74 Å². The first-order chi connectivity index (χ1) is 6.81. The summed E-state index contributed by atoms with van der Waals surface area (Å²) in [4.78, 5) is 11.4. The van der Waals surface area contributed by atoms with Crippen molar-refractivity contribution in [3.63, 3.8) is 0 Å². The van der Waals surface area contributed by atoms with Gasteiger partial charge in [0, 0.05) is 6.42 Å². The number of hydrogen-bond donors (Lipinski definition) is 0. The van der Waals surface area contributed by atoms with E-state index in [9.17, 15) is 18.0 Å². The number of esters is 1. The molecule has 0 aliphatic carbocycles. The summed E-state index contributed by atoms with van der Waals surface area (Å²) in [6.45, 7) is 7.86. The van der Waals surface area contributed by atoms with Crippen LogP contribution in [0.3, 0.4) is 0 Å². The fourth-order valence-electron chi connectivity index (χ4n) is 1.37. The molecular weight excluding hydrogens is 221 g/mol. The number of rotatable bonds is 3. The molecule has 0 aromatic rings. The average molecular weight is 240 g/mol. The second-order valence-electron chi connectivity index (χ2n) is 5.72. The van der Waals surface area contributed by atoms with Gasteiger partial charge in [-0.25, -0.2) is 0 Å². The average Bonchev–Trinajstić information content (AvgIpc) is 1.70. The minimum atomic E-state index is -4.26. The van der Waals surface area contributed by atoms with Crippen LogP contribution in [0.15, 0.2) is 0 Å². The Hall–Kier alpha value is -0.740. The highest BCUT2D eigenvalue weighted by Gasteiger charge is 2.38. The molecule has 96 valence electrons. The van der Waals surface area contributed by atoms with Crippen LogP contribution in [0.2, 0.25) is 0 Å². The highest BCUT2D eigenvalue weighted by Crippen LogP contribution is 2.36. The number of alkyl halides is 3. The molecule has 0 aliphatic heterocycles. The summed E-state index contributed by atoms with van der Waals surface area (Å²) in [5.74, 6) is -0.596. The monoisotopic (exact) mass is 240 g/mol. The zero-order valence-corrected chi connectivity index (χ0v) is 10.4. The molecule has 0 saturated heterocycles. The van der Waals surface area contributed by atoms with Gasteiger partial charge in [-0.3, -0.25) is 4.79 Å². The maximum atomic E-state index is 12.2. The second-order valence-corrected chi connectivity index (χ2v) is 5.72. The molecule has 0 radical (unpaired) electrons. The third-order valence-electron chi connectivity index (χ3n) is 1.72. The van der Waals surface area contributed by atoms with Gasteiger partial charge in [-0.15, -0.1) is 0 Å². The molecule has 2 nitrogen and oxygen atoms in total. The summed E-state index contributed by atoms with van der Waals surface area (Å²) in [6, 6.07) is 0. The summed E-state index contributed by atoms with van der Waals surface area (Å²) in [5.41, 5.74) is -1.79. The molecular formula is C11H19F3O2. The molecule has 0 aromatic carbocycles. The fourth-order valence-corrected chi connectivity index (χ4v) is 1.37. The standard InChI is InChI=1S/C11H19F3O2/c1-9(2,3)16-8(15)6-10(4,5)7-11(12,13)14/h6-7H2,1-5H3. The summed E-state index contributed by atoms with van der Waals surface area (Å²) in [6.07, 6.45) is -5.48. The predicted molar refractivity (Wildman–Crippen MR) is 54.9 cm³/mol. The Morgan fingerprint density at radius 3 is 1.81 bits per heavy atom. The molecule has 0 unspecified atom stereocenters. The minimum Gasteiger partial charge on any atom is -0.460 e. The number of carbonyl (C=O) groups is 1. The van der Waals surface area contributed by atoms with Crippen LogP contribution in [0.25, 0.3) is 0 Å². The summed E-state index contributed by atoms with van der Waals surface area (Å²) in [5, 5.41) is 0. The maximum Gasteiger partial charge on any atom is 0.389 e. The van der Waals surface area contributed by atoms with Crippen molar-refractivity contribution in [1.82, 2.24) is 0 Å². The highest BCUT2D eigenvalue weighted by molar-refractivity contribution is 5.70. The molecule has 16 heavy (non-hydrogen) atoms. The topological polar surface area (TPSA) is 26.3 Å². The van der Waals surface area contributed by atoms with Crippen molar-refractivity contribution in [3.8, 4) is 0 Å². The zero-order valence-electron chi connectivity index (χ0n) is 10.4. The molecule has 0 spiro atoms. The summed E-state index contributed by atoms with van der Waals surface area (Å²) < 4.78 is 41.5. The van der Waals surface area contributed by atoms with Crippen LogP contribution in [0, 0.1) is 5.41 Å². The van der Waals surface area contributed by atoms with E-state index >= 15 is 0 Å². The molecule has 0 atom stereocenters. The van der Waals surface area contributed by atoms with Gasteiger partial charge >= 0.3 is 12.1 Å². The van der Waals surface area contributed by atoms with Gasteiger partial charge in [0.05, 0.1) is 6.42 Å². The Morgan fingerprint density at radius 2 is 1.50 bits per heavy atom. The molecule has 0 rings (SSSR count). The largest absolute Gasteiger partial charge is 0.460 e. The molecule has 0 fully saturated rings. The Labute approximate surface area is 94.2 Å². The van der Waals surface area contributed by atoms with Crippen LogP contribution in [0.5, 0.6) is 0 Å². The third kappa shape index (κ3) is 8.56. The lowest BCUT2D eigenvalue weighted by molar-refractivity contribution is -0.168. The highest BCUT2D eigenvalue weighted by atomic mass is 19.4. The van der Waals surface area contributed by atoms with Crippen LogP contribution in [-0.2, 0) is 9.53 Å². The molecule has 0 aromatic heterocycles. The number of halogens is 3. The second kappa shape index (κ2) is 4.63. The van der Waals surface area contributed by atoms with Crippen molar-refractivity contribution < 1.29 is 22.7 Å². The summed E-state index contributed by atoms with van der Waals surface area (Å²) in [7, 11) is 0. The predicted octanol–water partition coefficient (Wildman–Crippen LogP) is 3.70. The first-order valence-corrected chi connectivity index (χ1v) is 5.09. The first-order valence-electron chi connectivity index (χ1n) is 5.09. The number of carbonyl (C=O) groups excluding carboxylic acids is 1. The van der Waals surface area contributed by atoms with E-state index in [1.165, 1.54) is 13.8 Å². The minimum absolute atomic E-state index is 0.232. The number of hydrogen-bond acceptors (Lipinski definition) is 2. The normalized spacial score (nSPS) is 13.8. The van der Waals surface area contributed by atoms with Crippen molar-refractivity contribution in [3.05, 3.63) is 0 Å². The quantitative estimate of drug-likeness (QED) is 0.703. The molecule has 0 bridgehead atoms. The van der Waals surface area contributed by atoms with Crippen LogP contribution in [-0.4, -0.2) is 17.7 Å². The first kappa shape index (κ1) is 15.3. The van der Waals surface area contributed by atoms with E-state index in [2.05, 4.69) is 0 Å². The molecule has 0 amide bonds. The Balaban J connectivity index is 4.32. The third-order valence-corrected chi connectivity index (χ3v) is 1.72. The van der Waals surface area contributed by atoms with E-state index < -0.39 is 29.6 Å². The van der Waals surface area contributed by atoms with Crippen LogP contribution in [0.1, 0.15) is 47.5 Å². The molecule has 0 heterocycles. The van der Waals surface area contributed by atoms with Gasteiger partial charge in [0.2, 0.25) is 0 Å². The van der Waals surface area contributed by atoms with E-state index in [0.29, 0.717) is 0 Å². The smallest absolute Gasteiger partial charge is 0.389 e. The van der Waals surface area contributed by atoms with E-state index in [4.69, 9.17) is 4.74 Å². The Bertz CT molecular complexity index is 249. The van der Waals surface area contributed by atoms with E-state index in [0.717, 1.165) is 0 Å². The molecule has 0 aliphatic rings. The molecule has 5 heteroatoms. The lowest BCUT2D eigenvalue weighted by Gasteiger charge is -2.27.